The van der Waals surface area contributed by atoms with E-state index >= 15 is 0 Å². The Morgan fingerprint density at radius 2 is 1.11 bits per heavy atom. The lowest BCUT2D eigenvalue weighted by Crippen LogP contribution is -2.47. The number of ether oxygens (including phenoxy) is 1. The third-order valence-electron chi connectivity index (χ3n) is 12.5. The average Bonchev–Trinajstić information content (AvgIpc) is 4.22. The summed E-state index contributed by atoms with van der Waals surface area (Å²) in [7, 11) is 1.28. The van der Waals surface area contributed by atoms with Crippen molar-refractivity contribution in [1.29, 1.82) is 0 Å². The van der Waals surface area contributed by atoms with Gasteiger partial charge in [-0.3, -0.25) is 14.4 Å². The second kappa shape index (κ2) is 19.5. The molecule has 14 nitrogen and oxygen atoms in total. The number of aromatic amines is 2. The van der Waals surface area contributed by atoms with Crippen LogP contribution in [0.2, 0.25) is 0 Å². The summed E-state index contributed by atoms with van der Waals surface area (Å²) in [6.45, 7) is 1.93. The Bertz CT molecular complexity index is 2680. The summed E-state index contributed by atoms with van der Waals surface area (Å²) < 4.78 is 4.83. The second-order valence-corrected chi connectivity index (χ2v) is 16.6. The van der Waals surface area contributed by atoms with Crippen LogP contribution in [0.3, 0.4) is 0 Å². The van der Waals surface area contributed by atoms with Crippen molar-refractivity contribution in [1.82, 2.24) is 45.7 Å². The van der Waals surface area contributed by atoms with Gasteiger partial charge in [0.05, 0.1) is 49.0 Å². The third kappa shape index (κ3) is 9.56. The first-order valence-corrected chi connectivity index (χ1v) is 22.2. The molecule has 0 saturated carbocycles. The molecule has 3 saturated heterocycles. The van der Waals surface area contributed by atoms with E-state index in [2.05, 4.69) is 42.7 Å². The monoisotopic (exact) mass is 869 g/mol. The van der Waals surface area contributed by atoms with Crippen LogP contribution in [-0.4, -0.2) is 86.3 Å². The van der Waals surface area contributed by atoms with Gasteiger partial charge in [-0.2, -0.15) is 0 Å². The number of carbonyl (C=O) groups is 4. The molecule has 5 atom stereocenters. The molecule has 5 unspecified atom stereocenters. The van der Waals surface area contributed by atoms with Crippen LogP contribution in [0, 0.1) is 11.8 Å². The van der Waals surface area contributed by atoms with Crippen LogP contribution in [0.5, 0.6) is 0 Å². The lowest BCUT2D eigenvalue weighted by molar-refractivity contribution is -0.138. The molecule has 5 heterocycles. The quantitative estimate of drug-likeness (QED) is 0.0874. The number of nitrogens with zero attached hydrogens (tertiary/aromatic N) is 4. The zero-order chi connectivity index (χ0) is 44.7. The van der Waals surface area contributed by atoms with Gasteiger partial charge < -0.3 is 40.5 Å². The van der Waals surface area contributed by atoms with Gasteiger partial charge in [-0.25, -0.2) is 14.8 Å². The maximum atomic E-state index is 14.2. The predicted octanol–water partition coefficient (Wildman–Crippen LogP) is 6.90. The fourth-order valence-corrected chi connectivity index (χ4v) is 9.07. The minimum Gasteiger partial charge on any atom is -0.453 e. The number of H-pyrrole nitrogens is 2. The van der Waals surface area contributed by atoms with Crippen molar-refractivity contribution in [2.75, 3.05) is 26.7 Å². The number of carbonyl (C=O) groups excluding carboxylic acids is 4. The lowest BCUT2D eigenvalue weighted by atomic mass is 10.0. The molecular formula is C51H51N9O5. The highest BCUT2D eigenvalue weighted by atomic mass is 16.5. The van der Waals surface area contributed by atoms with Gasteiger partial charge in [0, 0.05) is 24.2 Å². The van der Waals surface area contributed by atoms with E-state index in [1.54, 1.807) is 17.3 Å². The lowest BCUT2D eigenvalue weighted by Gasteiger charge is -2.29. The minimum absolute atomic E-state index is 0.136. The molecule has 4 aromatic carbocycles. The molecule has 0 spiro atoms. The van der Waals surface area contributed by atoms with Gasteiger partial charge in [-0.1, -0.05) is 96.8 Å². The Labute approximate surface area is 377 Å². The van der Waals surface area contributed by atoms with Crippen LogP contribution in [0.4, 0.5) is 4.79 Å². The summed E-state index contributed by atoms with van der Waals surface area (Å²) in [5.41, 5.74) is 6.70. The molecule has 4 amide bonds. The van der Waals surface area contributed by atoms with Crippen LogP contribution in [0.25, 0.3) is 22.5 Å². The Morgan fingerprint density at radius 1 is 0.631 bits per heavy atom. The number of benzene rings is 4. The summed E-state index contributed by atoms with van der Waals surface area (Å²) in [4.78, 5) is 73.5. The van der Waals surface area contributed by atoms with E-state index in [0.717, 1.165) is 90.1 Å². The van der Waals surface area contributed by atoms with E-state index in [4.69, 9.17) is 9.72 Å². The van der Waals surface area contributed by atoms with Crippen LogP contribution < -0.4 is 16.0 Å². The molecular weight excluding hydrogens is 819 g/mol. The molecule has 2 aromatic heterocycles. The number of nitrogens with one attached hydrogen (secondary N) is 5. The van der Waals surface area contributed by atoms with Crippen LogP contribution in [-0.2, 0) is 19.1 Å². The topological polar surface area (TPSA) is 177 Å². The van der Waals surface area contributed by atoms with Crippen molar-refractivity contribution < 1.29 is 23.9 Å². The van der Waals surface area contributed by atoms with Crippen molar-refractivity contribution in [3.05, 3.63) is 155 Å². The Kier molecular flexibility index (Phi) is 12.8. The summed E-state index contributed by atoms with van der Waals surface area (Å²) >= 11 is 0. The highest BCUT2D eigenvalue weighted by molar-refractivity contribution is 5.91. The van der Waals surface area contributed by atoms with Gasteiger partial charge in [-0.15, -0.1) is 0 Å². The summed E-state index contributed by atoms with van der Waals surface area (Å²) in [5, 5.41) is 9.01. The number of aromatic nitrogens is 4. The zero-order valence-corrected chi connectivity index (χ0v) is 36.1. The van der Waals surface area contributed by atoms with E-state index in [-0.39, 0.29) is 35.8 Å². The summed E-state index contributed by atoms with van der Waals surface area (Å²) in [5.74, 6) is 7.44. The minimum atomic E-state index is -0.884. The van der Waals surface area contributed by atoms with Crippen LogP contribution >= 0.6 is 0 Å². The van der Waals surface area contributed by atoms with Gasteiger partial charge in [0.2, 0.25) is 11.8 Å². The number of alkyl carbamates (subject to hydrolysis) is 1. The highest BCUT2D eigenvalue weighted by Gasteiger charge is 2.39. The zero-order valence-electron chi connectivity index (χ0n) is 36.1. The Hall–Kier alpha value is -7.50. The molecule has 3 aliphatic heterocycles. The van der Waals surface area contributed by atoms with Crippen LogP contribution in [0.1, 0.15) is 96.6 Å². The molecule has 0 bridgehead atoms. The average molecular weight is 870 g/mol. The van der Waals surface area contributed by atoms with E-state index in [1.165, 1.54) is 7.11 Å². The Balaban J connectivity index is 0.830. The number of likely N-dealkylation sites (tertiary alicyclic amines) is 2. The third-order valence-corrected chi connectivity index (χ3v) is 12.5. The SMILES string of the molecule is COC(=O)NC(C(=O)N1CCCC1c1ncc(-c2ccc(C#Cc3ccc(-c4cnc(C5CCCN5C(=O)C(NC(=O)C5CCCN5)c5ccccc5)[nH]4)cc3)cc2)[nH]1)c1ccccc1. The number of methoxy groups -OCH3 is 1. The molecule has 0 radical (unpaired) electrons. The van der Waals surface area contributed by atoms with Gasteiger partial charge in [0.1, 0.15) is 23.7 Å². The number of rotatable bonds is 11. The smallest absolute Gasteiger partial charge is 0.407 e. The molecule has 3 aliphatic rings. The first kappa shape index (κ1) is 42.8. The largest absolute Gasteiger partial charge is 0.453 e. The van der Waals surface area contributed by atoms with Gasteiger partial charge in [0.15, 0.2) is 0 Å². The highest BCUT2D eigenvalue weighted by Crippen LogP contribution is 2.36. The van der Waals surface area contributed by atoms with Gasteiger partial charge in [-0.05, 0) is 91.6 Å². The first-order valence-electron chi connectivity index (χ1n) is 22.2. The molecule has 3 fully saturated rings. The fourth-order valence-electron chi connectivity index (χ4n) is 9.07. The number of hydrogen-bond acceptors (Lipinski definition) is 8. The summed E-state index contributed by atoms with van der Waals surface area (Å²) in [6, 6.07) is 32.1. The molecule has 14 heteroatoms. The summed E-state index contributed by atoms with van der Waals surface area (Å²) in [6.07, 6.45) is 7.77. The van der Waals surface area contributed by atoms with Gasteiger partial charge >= 0.3 is 6.09 Å². The standard InChI is InChI=1S/C51H51N9O5/c1-65-51(64)58-45(38-13-6-3-7-14-38)50(63)60-30-10-17-43(60)47-54-32-41(56-47)36-26-22-34(23-27-36)19-18-33-20-24-35(25-21-33)40-31-53-46(55-40)42-16-9-29-59(42)49(62)44(37-11-4-2-5-12-37)57-48(61)39-15-8-28-52-39/h2-7,11-14,20-27,31-32,39,42-45,52H,8-10,15-17,28-30H2,1H3,(H,53,55)(H,54,56)(H,57,61)(H,58,64). The predicted molar refractivity (Wildman–Crippen MR) is 244 cm³/mol. The number of hydrogen-bond donors (Lipinski definition) is 5. The van der Waals surface area contributed by atoms with Crippen molar-refractivity contribution >= 4 is 23.8 Å². The second-order valence-electron chi connectivity index (χ2n) is 16.6. The molecule has 6 aromatic rings. The van der Waals surface area contributed by atoms with Crippen molar-refractivity contribution in [2.24, 2.45) is 0 Å². The first-order chi connectivity index (χ1) is 31.8. The molecule has 65 heavy (non-hydrogen) atoms. The molecule has 9 rings (SSSR count). The van der Waals surface area contributed by atoms with Gasteiger partial charge in [0.25, 0.3) is 5.91 Å². The fraction of sp³-hybridized carbons (Fsp3) is 0.294. The maximum absolute atomic E-state index is 14.2. The molecule has 330 valence electrons. The van der Waals surface area contributed by atoms with Crippen molar-refractivity contribution in [3.8, 4) is 34.4 Å². The number of imidazole rings is 2. The Morgan fingerprint density at radius 3 is 1.55 bits per heavy atom. The molecule has 0 aliphatic carbocycles. The van der Waals surface area contributed by atoms with Crippen molar-refractivity contribution in [3.63, 3.8) is 0 Å². The molecule has 5 N–H and O–H groups in total. The van der Waals surface area contributed by atoms with E-state index in [9.17, 15) is 19.2 Å². The van der Waals surface area contributed by atoms with E-state index < -0.39 is 18.2 Å². The number of amides is 4. The van der Waals surface area contributed by atoms with E-state index in [0.29, 0.717) is 24.5 Å². The van der Waals surface area contributed by atoms with Crippen LogP contribution in [0.15, 0.2) is 122 Å². The van der Waals surface area contributed by atoms with Crippen molar-refractivity contribution in [2.45, 2.75) is 68.7 Å². The maximum Gasteiger partial charge on any atom is 0.407 e. The van der Waals surface area contributed by atoms with E-state index in [1.807, 2.05) is 114 Å². The normalized spacial score (nSPS) is 18.9.